The molecule has 7 heavy (non-hydrogen) atoms. The highest BCUT2D eigenvalue weighted by Crippen LogP contribution is 1.80. The third-order valence-electron chi connectivity index (χ3n) is 0.705. The molecular formula is C6H6N. The van der Waals surface area contributed by atoms with Gasteiger partial charge in [-0.05, 0) is 0 Å². The average molecular weight is 92.1 g/mol. The molecule has 1 heteroatoms. The number of allylic oxidation sites excluding steroid dienone is 3. The first-order valence-electron chi connectivity index (χ1n) is 2.23. The Bertz CT molecular complexity index is 106. The predicted molar refractivity (Wildman–Crippen MR) is 30.3 cm³/mol. The number of hydrogen-bond acceptors (Lipinski definition) is 1. The molecule has 0 amide bonds. The minimum Gasteiger partial charge on any atom is -0.288 e. The summed E-state index contributed by atoms with van der Waals surface area (Å²) >= 11 is 0. The van der Waals surface area contributed by atoms with Crippen molar-refractivity contribution in [3.05, 3.63) is 24.3 Å². The summed E-state index contributed by atoms with van der Waals surface area (Å²) in [6, 6.07) is 0. The van der Waals surface area contributed by atoms with Crippen LogP contribution < -0.4 is 0 Å². The summed E-state index contributed by atoms with van der Waals surface area (Å²) in [7, 11) is 0. The largest absolute Gasteiger partial charge is 0.288 e. The van der Waals surface area contributed by atoms with Crippen LogP contribution in [0.5, 0.6) is 0 Å². The lowest BCUT2D eigenvalue weighted by Crippen LogP contribution is -1.66. The van der Waals surface area contributed by atoms with Gasteiger partial charge in [0, 0.05) is 12.3 Å². The number of nitrogens with zero attached hydrogens (tertiary/aromatic N) is 1. The van der Waals surface area contributed by atoms with Crippen LogP contribution in [0.1, 0.15) is 0 Å². The molecule has 1 radical (unpaired) electrons. The maximum Gasteiger partial charge on any atom is 0.0573 e. The Labute approximate surface area is 43.1 Å². The fraction of sp³-hybridized carbons (Fsp3) is 0.167. The zero-order chi connectivity index (χ0) is 4.95. The Kier molecular flexibility index (Phi) is 1.44. The molecule has 1 aliphatic rings. The van der Waals surface area contributed by atoms with Crippen LogP contribution in [-0.4, -0.2) is 12.8 Å². The average Bonchev–Trinajstić information content (AvgIpc) is 1.90. The highest BCUT2D eigenvalue weighted by molar-refractivity contribution is 5.67. The van der Waals surface area contributed by atoms with Gasteiger partial charge in [0.15, 0.2) is 0 Å². The summed E-state index contributed by atoms with van der Waals surface area (Å²) in [6.07, 6.45) is 10.3. The van der Waals surface area contributed by atoms with E-state index in [1.807, 2.05) is 18.2 Å². The third kappa shape index (κ3) is 1.35. The van der Waals surface area contributed by atoms with E-state index in [0.717, 1.165) is 6.54 Å². The first-order valence-corrected chi connectivity index (χ1v) is 2.23. The van der Waals surface area contributed by atoms with Gasteiger partial charge in [-0.3, -0.25) is 4.99 Å². The van der Waals surface area contributed by atoms with E-state index in [4.69, 9.17) is 0 Å². The van der Waals surface area contributed by atoms with Crippen molar-refractivity contribution in [2.75, 3.05) is 6.54 Å². The van der Waals surface area contributed by atoms with E-state index in [2.05, 4.69) is 11.1 Å². The second kappa shape index (κ2) is 2.35. The van der Waals surface area contributed by atoms with Crippen molar-refractivity contribution in [3.8, 4) is 0 Å². The van der Waals surface area contributed by atoms with Gasteiger partial charge < -0.3 is 0 Å². The molecule has 0 saturated carbocycles. The van der Waals surface area contributed by atoms with Crippen LogP contribution in [0.4, 0.5) is 0 Å². The van der Waals surface area contributed by atoms with Crippen LogP contribution in [0, 0.1) is 6.08 Å². The van der Waals surface area contributed by atoms with Crippen molar-refractivity contribution in [3.63, 3.8) is 0 Å². The Hall–Kier alpha value is -0.850. The molecule has 0 aromatic rings. The zero-order valence-corrected chi connectivity index (χ0v) is 3.96. The van der Waals surface area contributed by atoms with Gasteiger partial charge in [-0.2, -0.15) is 0 Å². The lowest BCUT2D eigenvalue weighted by atomic mass is 10.5. The molecule has 0 aliphatic carbocycles. The van der Waals surface area contributed by atoms with Crippen LogP contribution >= 0.6 is 0 Å². The standard InChI is InChI=1S/C6H6N/c1-2-4-6-7-5-3-1/h1-3,6H,5H2. The SMILES string of the molecule is [C]1=CC=CCN=C1. The molecule has 0 saturated heterocycles. The molecule has 0 N–H and O–H groups in total. The summed E-state index contributed by atoms with van der Waals surface area (Å²) in [6.45, 7) is 0.795. The molecule has 0 atom stereocenters. The smallest absolute Gasteiger partial charge is 0.0573 e. The quantitative estimate of drug-likeness (QED) is 0.422. The normalized spacial score (nSPS) is 17.1. The van der Waals surface area contributed by atoms with E-state index in [9.17, 15) is 0 Å². The van der Waals surface area contributed by atoms with Crippen molar-refractivity contribution in [2.45, 2.75) is 0 Å². The number of rotatable bonds is 0. The van der Waals surface area contributed by atoms with Crippen LogP contribution in [0.3, 0.4) is 0 Å². The number of hydrogen-bond donors (Lipinski definition) is 0. The van der Waals surface area contributed by atoms with Crippen LogP contribution in [0.2, 0.25) is 0 Å². The fourth-order valence-electron chi connectivity index (χ4n) is 0.394. The topological polar surface area (TPSA) is 12.4 Å². The van der Waals surface area contributed by atoms with Crippen molar-refractivity contribution >= 4 is 6.21 Å². The first kappa shape index (κ1) is 4.31. The van der Waals surface area contributed by atoms with Crippen molar-refractivity contribution in [2.24, 2.45) is 4.99 Å². The molecule has 0 unspecified atom stereocenters. The van der Waals surface area contributed by atoms with Crippen LogP contribution in [-0.2, 0) is 0 Å². The van der Waals surface area contributed by atoms with E-state index in [0.29, 0.717) is 0 Å². The van der Waals surface area contributed by atoms with E-state index in [-0.39, 0.29) is 0 Å². The van der Waals surface area contributed by atoms with Gasteiger partial charge in [0.05, 0.1) is 6.54 Å². The van der Waals surface area contributed by atoms with Crippen molar-refractivity contribution in [1.29, 1.82) is 0 Å². The molecule has 0 spiro atoms. The molecule has 1 rings (SSSR count). The van der Waals surface area contributed by atoms with Crippen molar-refractivity contribution in [1.82, 2.24) is 0 Å². The molecule has 1 aliphatic heterocycles. The second-order valence-corrected chi connectivity index (χ2v) is 1.26. The lowest BCUT2D eigenvalue weighted by Gasteiger charge is -1.71. The highest BCUT2D eigenvalue weighted by atomic mass is 14.7. The monoisotopic (exact) mass is 92.1 g/mol. The zero-order valence-electron chi connectivity index (χ0n) is 3.96. The summed E-state index contributed by atoms with van der Waals surface area (Å²) in [4.78, 5) is 3.92. The molecule has 1 nitrogen and oxygen atoms in total. The second-order valence-electron chi connectivity index (χ2n) is 1.26. The minimum absolute atomic E-state index is 0.795. The first-order chi connectivity index (χ1) is 3.50. The molecular weight excluding hydrogens is 86.1 g/mol. The molecule has 35 valence electrons. The Morgan fingerprint density at radius 3 is 3.57 bits per heavy atom. The summed E-state index contributed by atoms with van der Waals surface area (Å²) in [5.74, 6) is 0. The summed E-state index contributed by atoms with van der Waals surface area (Å²) in [5.41, 5.74) is 0. The molecule has 0 aromatic carbocycles. The minimum atomic E-state index is 0.795. The van der Waals surface area contributed by atoms with E-state index in [1.165, 1.54) is 0 Å². The number of aliphatic imine (C=N–C) groups is 1. The molecule has 0 fully saturated rings. The highest BCUT2D eigenvalue weighted by Gasteiger charge is 1.71. The third-order valence-corrected chi connectivity index (χ3v) is 0.705. The molecule has 0 aromatic heterocycles. The van der Waals surface area contributed by atoms with Gasteiger partial charge in [-0.25, -0.2) is 0 Å². The molecule has 1 heterocycles. The summed E-state index contributed by atoms with van der Waals surface area (Å²) < 4.78 is 0. The van der Waals surface area contributed by atoms with Crippen molar-refractivity contribution < 1.29 is 0 Å². The van der Waals surface area contributed by atoms with E-state index >= 15 is 0 Å². The van der Waals surface area contributed by atoms with Gasteiger partial charge in [0.1, 0.15) is 0 Å². The Morgan fingerprint density at radius 2 is 2.57 bits per heavy atom. The van der Waals surface area contributed by atoms with Gasteiger partial charge in [0.25, 0.3) is 0 Å². The van der Waals surface area contributed by atoms with E-state index in [1.54, 1.807) is 6.21 Å². The maximum absolute atomic E-state index is 3.92. The Balaban J connectivity index is 2.60. The van der Waals surface area contributed by atoms with E-state index < -0.39 is 0 Å². The van der Waals surface area contributed by atoms with Gasteiger partial charge >= 0.3 is 0 Å². The Morgan fingerprint density at radius 1 is 1.57 bits per heavy atom. The summed E-state index contributed by atoms with van der Waals surface area (Å²) in [5, 5.41) is 0. The fourth-order valence-corrected chi connectivity index (χ4v) is 0.394. The molecule has 0 bridgehead atoms. The van der Waals surface area contributed by atoms with Gasteiger partial charge in [-0.1, -0.05) is 18.2 Å². The predicted octanol–water partition coefficient (Wildman–Crippen LogP) is 0.986. The maximum atomic E-state index is 3.92. The van der Waals surface area contributed by atoms with Crippen LogP contribution in [0.25, 0.3) is 0 Å². The van der Waals surface area contributed by atoms with Crippen LogP contribution in [0.15, 0.2) is 23.2 Å². The van der Waals surface area contributed by atoms with Gasteiger partial charge in [0.2, 0.25) is 0 Å². The van der Waals surface area contributed by atoms with Gasteiger partial charge in [-0.15, -0.1) is 0 Å². The lowest BCUT2D eigenvalue weighted by molar-refractivity contribution is 1.26.